The molecular formula is C21H31ClN4O2. The first kappa shape index (κ1) is 20.9. The first-order valence-electron chi connectivity index (χ1n) is 10.3. The molecule has 0 bridgehead atoms. The minimum atomic E-state index is -0.464. The van der Waals surface area contributed by atoms with Crippen molar-refractivity contribution in [1.29, 1.82) is 0 Å². The molecule has 28 heavy (non-hydrogen) atoms. The number of benzene rings is 1. The van der Waals surface area contributed by atoms with Gasteiger partial charge in [-0.3, -0.25) is 14.5 Å². The molecule has 2 amide bonds. The van der Waals surface area contributed by atoms with Crippen LogP contribution in [0.15, 0.2) is 24.3 Å². The molecule has 1 saturated carbocycles. The van der Waals surface area contributed by atoms with Gasteiger partial charge in [0.25, 0.3) is 0 Å². The number of nitrogens with zero attached hydrogens (tertiary/aromatic N) is 2. The number of piperazine rings is 1. The Balaban J connectivity index is 1.28. The van der Waals surface area contributed by atoms with Gasteiger partial charge in [0, 0.05) is 49.4 Å². The summed E-state index contributed by atoms with van der Waals surface area (Å²) in [6.45, 7) is 7.33. The molecule has 0 radical (unpaired) electrons. The standard InChI is InChI=1S/C21H31ClN4O2/c1-16(24-21(28)17-5-2-6-17)20(27)23-9-4-10-25-11-13-26(14-12-25)19-8-3-7-18(22)15-19/h3,7-8,15-17H,2,4-6,9-14H2,1H3,(H,23,27)(H,24,28). The molecule has 1 aromatic rings. The fourth-order valence-corrected chi connectivity index (χ4v) is 3.82. The molecule has 1 heterocycles. The maximum Gasteiger partial charge on any atom is 0.242 e. The monoisotopic (exact) mass is 406 g/mol. The molecule has 7 heteroatoms. The third-order valence-electron chi connectivity index (χ3n) is 5.72. The van der Waals surface area contributed by atoms with E-state index < -0.39 is 6.04 Å². The van der Waals surface area contributed by atoms with Crippen LogP contribution in [0.1, 0.15) is 32.6 Å². The van der Waals surface area contributed by atoms with Gasteiger partial charge in [0.15, 0.2) is 0 Å². The summed E-state index contributed by atoms with van der Waals surface area (Å²) in [6, 6.07) is 7.53. The van der Waals surface area contributed by atoms with E-state index in [4.69, 9.17) is 11.6 Å². The van der Waals surface area contributed by atoms with Crippen LogP contribution < -0.4 is 15.5 Å². The van der Waals surface area contributed by atoms with E-state index in [0.717, 1.165) is 63.4 Å². The van der Waals surface area contributed by atoms with Gasteiger partial charge >= 0.3 is 0 Å². The first-order chi connectivity index (χ1) is 13.5. The van der Waals surface area contributed by atoms with E-state index in [1.807, 2.05) is 18.2 Å². The van der Waals surface area contributed by atoms with Crippen LogP contribution in [0, 0.1) is 5.92 Å². The van der Waals surface area contributed by atoms with E-state index in [1.54, 1.807) is 6.92 Å². The number of rotatable bonds is 8. The lowest BCUT2D eigenvalue weighted by Crippen LogP contribution is -2.49. The molecule has 1 aliphatic heterocycles. The van der Waals surface area contributed by atoms with Gasteiger partial charge in [0.2, 0.25) is 11.8 Å². The molecule has 0 aromatic heterocycles. The van der Waals surface area contributed by atoms with Gasteiger partial charge in [0.05, 0.1) is 0 Å². The fourth-order valence-electron chi connectivity index (χ4n) is 3.64. The minimum Gasteiger partial charge on any atom is -0.369 e. The van der Waals surface area contributed by atoms with E-state index in [2.05, 4.69) is 26.5 Å². The van der Waals surface area contributed by atoms with Gasteiger partial charge in [0.1, 0.15) is 6.04 Å². The molecule has 1 aliphatic carbocycles. The first-order valence-corrected chi connectivity index (χ1v) is 10.7. The molecular weight excluding hydrogens is 376 g/mol. The molecule has 2 aliphatic rings. The average molecular weight is 407 g/mol. The summed E-state index contributed by atoms with van der Waals surface area (Å²) in [5.74, 6) is 0.0331. The van der Waals surface area contributed by atoms with Gasteiger partial charge in [-0.25, -0.2) is 0 Å². The third kappa shape index (κ3) is 5.85. The zero-order valence-electron chi connectivity index (χ0n) is 16.6. The Bertz CT molecular complexity index is 672. The number of amides is 2. The Morgan fingerprint density at radius 3 is 2.61 bits per heavy atom. The highest BCUT2D eigenvalue weighted by atomic mass is 35.5. The summed E-state index contributed by atoms with van der Waals surface area (Å²) in [6.07, 6.45) is 3.92. The summed E-state index contributed by atoms with van der Waals surface area (Å²) < 4.78 is 0. The Morgan fingerprint density at radius 2 is 1.96 bits per heavy atom. The second-order valence-corrected chi connectivity index (χ2v) is 8.25. The SMILES string of the molecule is CC(NC(=O)C1CCC1)C(=O)NCCCN1CCN(c2cccc(Cl)c2)CC1. The number of halogens is 1. The smallest absolute Gasteiger partial charge is 0.242 e. The van der Waals surface area contributed by atoms with Gasteiger partial charge in [-0.1, -0.05) is 24.1 Å². The van der Waals surface area contributed by atoms with Crippen LogP contribution in [-0.2, 0) is 9.59 Å². The lowest BCUT2D eigenvalue weighted by atomic mass is 9.84. The van der Waals surface area contributed by atoms with Gasteiger partial charge in [-0.15, -0.1) is 0 Å². The summed E-state index contributed by atoms with van der Waals surface area (Å²) in [5.41, 5.74) is 1.18. The van der Waals surface area contributed by atoms with Crippen molar-refractivity contribution in [3.05, 3.63) is 29.3 Å². The van der Waals surface area contributed by atoms with Crippen molar-refractivity contribution in [3.63, 3.8) is 0 Å². The van der Waals surface area contributed by atoms with Crippen LogP contribution in [0.5, 0.6) is 0 Å². The minimum absolute atomic E-state index is 0.0199. The van der Waals surface area contributed by atoms with Crippen molar-refractivity contribution in [2.24, 2.45) is 5.92 Å². The number of nitrogens with one attached hydrogen (secondary N) is 2. The third-order valence-corrected chi connectivity index (χ3v) is 5.96. The molecule has 1 saturated heterocycles. The lowest BCUT2D eigenvalue weighted by Gasteiger charge is -2.36. The predicted octanol–water partition coefficient (Wildman–Crippen LogP) is 2.27. The van der Waals surface area contributed by atoms with Crippen molar-refractivity contribution in [2.45, 2.75) is 38.6 Å². The second-order valence-electron chi connectivity index (χ2n) is 7.81. The number of anilines is 1. The van der Waals surface area contributed by atoms with Gasteiger partial charge in [-0.05, 0) is 50.9 Å². The molecule has 3 rings (SSSR count). The highest BCUT2D eigenvalue weighted by Crippen LogP contribution is 2.26. The maximum absolute atomic E-state index is 12.1. The molecule has 1 aromatic carbocycles. The maximum atomic E-state index is 12.1. The average Bonchev–Trinajstić information content (AvgIpc) is 2.64. The Hall–Kier alpha value is -1.79. The predicted molar refractivity (Wildman–Crippen MR) is 113 cm³/mol. The summed E-state index contributed by atoms with van der Waals surface area (Å²) >= 11 is 6.08. The highest BCUT2D eigenvalue weighted by molar-refractivity contribution is 6.30. The summed E-state index contributed by atoms with van der Waals surface area (Å²) in [4.78, 5) is 28.8. The molecule has 1 atom stereocenters. The quantitative estimate of drug-likeness (QED) is 0.650. The van der Waals surface area contributed by atoms with Crippen molar-refractivity contribution in [2.75, 3.05) is 44.2 Å². The fraction of sp³-hybridized carbons (Fsp3) is 0.619. The van der Waals surface area contributed by atoms with Crippen molar-refractivity contribution in [3.8, 4) is 0 Å². The Morgan fingerprint density at radius 1 is 1.21 bits per heavy atom. The Kier molecular flexibility index (Phi) is 7.57. The Labute approximate surface area is 172 Å². The van der Waals surface area contributed by atoms with E-state index >= 15 is 0 Å². The van der Waals surface area contributed by atoms with Crippen LogP contribution >= 0.6 is 11.6 Å². The lowest BCUT2D eigenvalue weighted by molar-refractivity contribution is -0.132. The van der Waals surface area contributed by atoms with Crippen LogP contribution in [0.25, 0.3) is 0 Å². The van der Waals surface area contributed by atoms with Crippen LogP contribution in [-0.4, -0.2) is 62.0 Å². The number of hydrogen-bond acceptors (Lipinski definition) is 4. The second kappa shape index (κ2) is 10.1. The van der Waals surface area contributed by atoms with Crippen molar-refractivity contribution < 1.29 is 9.59 Å². The van der Waals surface area contributed by atoms with Gasteiger partial charge in [-0.2, -0.15) is 0 Å². The van der Waals surface area contributed by atoms with E-state index in [1.165, 1.54) is 5.69 Å². The van der Waals surface area contributed by atoms with Gasteiger partial charge < -0.3 is 15.5 Å². The zero-order valence-corrected chi connectivity index (χ0v) is 17.4. The number of carbonyl (C=O) groups is 2. The van der Waals surface area contributed by atoms with E-state index in [9.17, 15) is 9.59 Å². The summed E-state index contributed by atoms with van der Waals surface area (Å²) in [5, 5.41) is 6.53. The van der Waals surface area contributed by atoms with Crippen LogP contribution in [0.4, 0.5) is 5.69 Å². The van der Waals surface area contributed by atoms with E-state index in [0.29, 0.717) is 6.54 Å². The molecule has 1 unspecified atom stereocenters. The van der Waals surface area contributed by atoms with Crippen LogP contribution in [0.3, 0.4) is 0 Å². The van der Waals surface area contributed by atoms with Crippen molar-refractivity contribution in [1.82, 2.24) is 15.5 Å². The molecule has 2 fully saturated rings. The number of carbonyl (C=O) groups excluding carboxylic acids is 2. The normalized spacial score (nSPS) is 19.0. The largest absolute Gasteiger partial charge is 0.369 e. The molecule has 154 valence electrons. The topological polar surface area (TPSA) is 64.7 Å². The summed E-state index contributed by atoms with van der Waals surface area (Å²) in [7, 11) is 0. The molecule has 0 spiro atoms. The van der Waals surface area contributed by atoms with Crippen LogP contribution in [0.2, 0.25) is 5.02 Å². The zero-order chi connectivity index (χ0) is 19.9. The highest BCUT2D eigenvalue weighted by Gasteiger charge is 2.27. The molecule has 6 nitrogen and oxygen atoms in total. The molecule has 2 N–H and O–H groups in total. The number of hydrogen-bond donors (Lipinski definition) is 2. The van der Waals surface area contributed by atoms with Crippen molar-refractivity contribution >= 4 is 29.1 Å². The van der Waals surface area contributed by atoms with E-state index in [-0.39, 0.29) is 17.7 Å².